The Morgan fingerprint density at radius 2 is 2.29 bits per heavy atom. The first-order chi connectivity index (χ1) is 8.08. The standard InChI is InChI=1S/C11H15FN2O2S/c1-14(5-6-15)11(16)13-8-3-4-10(17-2)9(12)7-8/h3-4,7,15H,5-6H2,1-2H3,(H,13,16). The number of carbonyl (C=O) groups excluding carboxylic acids is 1. The van der Waals surface area contributed by atoms with Crippen LogP contribution in [0.4, 0.5) is 14.9 Å². The minimum atomic E-state index is -0.379. The number of hydrogen-bond donors (Lipinski definition) is 2. The topological polar surface area (TPSA) is 52.6 Å². The molecule has 0 unspecified atom stereocenters. The van der Waals surface area contributed by atoms with Gasteiger partial charge in [0.1, 0.15) is 5.82 Å². The maximum absolute atomic E-state index is 13.4. The SMILES string of the molecule is CSc1ccc(NC(=O)N(C)CCO)cc1F. The lowest BCUT2D eigenvalue weighted by Gasteiger charge is -2.16. The van der Waals surface area contributed by atoms with Gasteiger partial charge in [-0.05, 0) is 24.5 Å². The summed E-state index contributed by atoms with van der Waals surface area (Å²) >= 11 is 1.31. The third kappa shape index (κ3) is 3.90. The molecule has 1 aromatic rings. The number of carbonyl (C=O) groups is 1. The van der Waals surface area contributed by atoms with E-state index in [1.54, 1.807) is 25.4 Å². The average molecular weight is 258 g/mol. The minimum absolute atomic E-state index is 0.107. The van der Waals surface area contributed by atoms with Crippen molar-refractivity contribution in [3.05, 3.63) is 24.0 Å². The number of aliphatic hydroxyl groups is 1. The summed E-state index contributed by atoms with van der Waals surface area (Å²) in [6.07, 6.45) is 1.78. The number of thioether (sulfide) groups is 1. The summed E-state index contributed by atoms with van der Waals surface area (Å²) in [5.74, 6) is -0.361. The van der Waals surface area contributed by atoms with Crippen molar-refractivity contribution >= 4 is 23.5 Å². The van der Waals surface area contributed by atoms with Crippen molar-refractivity contribution in [3.63, 3.8) is 0 Å². The highest BCUT2D eigenvalue weighted by atomic mass is 32.2. The fraction of sp³-hybridized carbons (Fsp3) is 0.364. The van der Waals surface area contributed by atoms with E-state index >= 15 is 0 Å². The zero-order valence-electron chi connectivity index (χ0n) is 9.74. The molecule has 0 spiro atoms. The van der Waals surface area contributed by atoms with Gasteiger partial charge in [-0.15, -0.1) is 11.8 Å². The van der Waals surface area contributed by atoms with Crippen molar-refractivity contribution < 1.29 is 14.3 Å². The predicted molar refractivity (Wildman–Crippen MR) is 66.9 cm³/mol. The lowest BCUT2D eigenvalue weighted by atomic mass is 10.3. The molecule has 2 N–H and O–H groups in total. The molecule has 0 aliphatic rings. The van der Waals surface area contributed by atoms with E-state index in [1.165, 1.54) is 22.7 Å². The van der Waals surface area contributed by atoms with Gasteiger partial charge in [-0.25, -0.2) is 9.18 Å². The van der Waals surface area contributed by atoms with Crippen LogP contribution in [-0.2, 0) is 0 Å². The molecule has 1 rings (SSSR count). The van der Waals surface area contributed by atoms with Crippen molar-refractivity contribution in [2.45, 2.75) is 4.90 Å². The molecule has 4 nitrogen and oxygen atoms in total. The predicted octanol–water partition coefficient (Wildman–Crippen LogP) is 2.00. The minimum Gasteiger partial charge on any atom is -0.395 e. The van der Waals surface area contributed by atoms with E-state index in [0.717, 1.165) is 0 Å². The van der Waals surface area contributed by atoms with E-state index < -0.39 is 0 Å². The number of likely N-dealkylation sites (N-methyl/N-ethyl adjacent to an activating group) is 1. The van der Waals surface area contributed by atoms with E-state index in [2.05, 4.69) is 5.32 Å². The summed E-state index contributed by atoms with van der Waals surface area (Å²) in [7, 11) is 1.55. The molecule has 0 saturated carbocycles. The van der Waals surface area contributed by atoms with Crippen LogP contribution in [0.1, 0.15) is 0 Å². The summed E-state index contributed by atoms with van der Waals surface area (Å²) in [5, 5.41) is 11.2. The van der Waals surface area contributed by atoms with Gasteiger partial charge in [-0.3, -0.25) is 0 Å². The molecule has 17 heavy (non-hydrogen) atoms. The lowest BCUT2D eigenvalue weighted by molar-refractivity contribution is 0.202. The van der Waals surface area contributed by atoms with Gasteiger partial charge in [0.05, 0.1) is 6.61 Å². The molecule has 94 valence electrons. The molecule has 0 aromatic heterocycles. The highest BCUT2D eigenvalue weighted by molar-refractivity contribution is 7.98. The van der Waals surface area contributed by atoms with Crippen molar-refractivity contribution in [1.29, 1.82) is 0 Å². The normalized spacial score (nSPS) is 10.1. The molecular weight excluding hydrogens is 243 g/mol. The first-order valence-electron chi connectivity index (χ1n) is 5.05. The average Bonchev–Trinajstić information content (AvgIpc) is 2.29. The first kappa shape index (κ1) is 13.8. The Hall–Kier alpha value is -1.27. The Bertz CT molecular complexity index is 401. The molecule has 0 aliphatic heterocycles. The van der Waals surface area contributed by atoms with Gasteiger partial charge in [0.25, 0.3) is 0 Å². The van der Waals surface area contributed by atoms with E-state index in [4.69, 9.17) is 5.11 Å². The number of hydrogen-bond acceptors (Lipinski definition) is 3. The van der Waals surface area contributed by atoms with Gasteiger partial charge < -0.3 is 15.3 Å². The molecule has 0 bridgehead atoms. The third-order valence-corrected chi connectivity index (χ3v) is 2.96. The molecule has 0 aliphatic carbocycles. The van der Waals surface area contributed by atoms with Gasteiger partial charge in [0, 0.05) is 24.2 Å². The van der Waals surface area contributed by atoms with Crippen molar-refractivity contribution in [3.8, 4) is 0 Å². The van der Waals surface area contributed by atoms with Crippen LogP contribution in [0.15, 0.2) is 23.1 Å². The van der Waals surface area contributed by atoms with Crippen molar-refractivity contribution in [2.75, 3.05) is 31.8 Å². The van der Waals surface area contributed by atoms with Crippen LogP contribution >= 0.6 is 11.8 Å². The fourth-order valence-corrected chi connectivity index (χ4v) is 1.67. The molecule has 0 saturated heterocycles. The molecule has 0 atom stereocenters. The zero-order chi connectivity index (χ0) is 12.8. The van der Waals surface area contributed by atoms with E-state index in [-0.39, 0.29) is 25.0 Å². The van der Waals surface area contributed by atoms with Crippen molar-refractivity contribution in [1.82, 2.24) is 4.90 Å². The second kappa shape index (κ2) is 6.46. The highest BCUT2D eigenvalue weighted by Gasteiger charge is 2.09. The maximum Gasteiger partial charge on any atom is 0.321 e. The fourth-order valence-electron chi connectivity index (χ4n) is 1.21. The smallest absolute Gasteiger partial charge is 0.321 e. The van der Waals surface area contributed by atoms with Gasteiger partial charge >= 0.3 is 6.03 Å². The zero-order valence-corrected chi connectivity index (χ0v) is 10.6. The van der Waals surface area contributed by atoms with Crippen LogP contribution < -0.4 is 5.32 Å². The molecule has 2 amide bonds. The van der Waals surface area contributed by atoms with Crippen LogP contribution in [0.2, 0.25) is 0 Å². The molecular formula is C11H15FN2O2S. The van der Waals surface area contributed by atoms with Crippen LogP contribution in [0.25, 0.3) is 0 Å². The summed E-state index contributed by atoms with van der Waals surface area (Å²) in [6, 6.07) is 4.15. The second-order valence-electron chi connectivity index (χ2n) is 3.42. The highest BCUT2D eigenvalue weighted by Crippen LogP contribution is 2.22. The summed E-state index contributed by atoms with van der Waals surface area (Å²) in [4.78, 5) is 13.4. The largest absolute Gasteiger partial charge is 0.395 e. The summed E-state index contributed by atoms with van der Waals surface area (Å²) in [5.41, 5.74) is 0.398. The second-order valence-corrected chi connectivity index (χ2v) is 4.27. The van der Waals surface area contributed by atoms with Gasteiger partial charge in [0.2, 0.25) is 0 Å². The maximum atomic E-state index is 13.4. The van der Waals surface area contributed by atoms with E-state index in [1.807, 2.05) is 0 Å². The Balaban J connectivity index is 2.69. The van der Waals surface area contributed by atoms with Gasteiger partial charge in [-0.2, -0.15) is 0 Å². The number of nitrogens with zero attached hydrogens (tertiary/aromatic N) is 1. The van der Waals surface area contributed by atoms with Crippen molar-refractivity contribution in [2.24, 2.45) is 0 Å². The molecule has 0 radical (unpaired) electrons. The Morgan fingerprint density at radius 3 is 2.82 bits per heavy atom. The number of nitrogens with one attached hydrogen (secondary N) is 1. The number of benzene rings is 1. The molecule has 6 heteroatoms. The third-order valence-electron chi connectivity index (χ3n) is 2.19. The quantitative estimate of drug-likeness (QED) is 0.812. The Morgan fingerprint density at radius 1 is 1.59 bits per heavy atom. The van der Waals surface area contributed by atoms with Gasteiger partial charge in [0.15, 0.2) is 0 Å². The Labute approximate surface area is 104 Å². The number of urea groups is 1. The first-order valence-corrected chi connectivity index (χ1v) is 6.27. The van der Waals surface area contributed by atoms with E-state index in [9.17, 15) is 9.18 Å². The number of amides is 2. The van der Waals surface area contributed by atoms with Crippen LogP contribution in [0.3, 0.4) is 0 Å². The van der Waals surface area contributed by atoms with Gasteiger partial charge in [-0.1, -0.05) is 0 Å². The van der Waals surface area contributed by atoms with Crippen LogP contribution in [0, 0.1) is 5.82 Å². The molecule has 0 heterocycles. The van der Waals surface area contributed by atoms with E-state index in [0.29, 0.717) is 10.6 Å². The van der Waals surface area contributed by atoms with Crippen LogP contribution in [-0.4, -0.2) is 42.5 Å². The summed E-state index contributed by atoms with van der Waals surface area (Å²) < 4.78 is 13.4. The Kier molecular flexibility index (Phi) is 5.24. The monoisotopic (exact) mass is 258 g/mol. The summed E-state index contributed by atoms with van der Waals surface area (Å²) in [6.45, 7) is 0.126. The number of rotatable bonds is 4. The number of aliphatic hydroxyl groups excluding tert-OH is 1. The number of halogens is 1. The lowest BCUT2D eigenvalue weighted by Crippen LogP contribution is -2.33. The molecule has 0 fully saturated rings. The van der Waals surface area contributed by atoms with Crippen LogP contribution in [0.5, 0.6) is 0 Å². The number of anilines is 1. The molecule has 1 aromatic carbocycles.